The molecular formula is C12H12BrN3O. The Kier molecular flexibility index (Phi) is 3.58. The van der Waals surface area contributed by atoms with Gasteiger partial charge in [-0.25, -0.2) is 9.97 Å². The maximum Gasteiger partial charge on any atom is 0.222 e. The predicted molar refractivity (Wildman–Crippen MR) is 70.0 cm³/mol. The molecule has 0 atom stereocenters. The molecule has 0 aliphatic carbocycles. The minimum Gasteiger partial charge on any atom is -0.438 e. The second-order valence-corrected chi connectivity index (χ2v) is 4.26. The molecule has 1 heterocycles. The first-order valence-electron chi connectivity index (χ1n) is 5.23. The Balaban J connectivity index is 2.28. The molecule has 5 heteroatoms. The van der Waals surface area contributed by atoms with Crippen LogP contribution in [0.25, 0.3) is 0 Å². The van der Waals surface area contributed by atoms with Crippen LogP contribution in [0.4, 0.5) is 5.69 Å². The van der Waals surface area contributed by atoms with Gasteiger partial charge in [-0.2, -0.15) is 0 Å². The number of ether oxygens (including phenoxy) is 1. The van der Waals surface area contributed by atoms with Crippen molar-refractivity contribution < 1.29 is 4.74 Å². The molecule has 0 fully saturated rings. The van der Waals surface area contributed by atoms with Gasteiger partial charge < -0.3 is 10.5 Å². The lowest BCUT2D eigenvalue weighted by Crippen LogP contribution is -1.94. The van der Waals surface area contributed by atoms with E-state index < -0.39 is 0 Å². The van der Waals surface area contributed by atoms with Crippen molar-refractivity contribution in [3.8, 4) is 11.6 Å². The molecule has 0 radical (unpaired) electrons. The van der Waals surface area contributed by atoms with Crippen LogP contribution < -0.4 is 10.5 Å². The van der Waals surface area contributed by atoms with Crippen LogP contribution in [0, 0.1) is 0 Å². The summed E-state index contributed by atoms with van der Waals surface area (Å²) < 4.78 is 6.39. The number of nitrogens with zero attached hydrogens (tertiary/aromatic N) is 2. The number of hydrogen-bond acceptors (Lipinski definition) is 4. The van der Waals surface area contributed by atoms with E-state index in [0.717, 1.165) is 16.6 Å². The van der Waals surface area contributed by atoms with Crippen molar-refractivity contribution in [2.75, 3.05) is 5.73 Å². The SMILES string of the molecule is CCc1cc(Oc2cccc(N)c2Br)ncn1. The second kappa shape index (κ2) is 5.14. The summed E-state index contributed by atoms with van der Waals surface area (Å²) in [5.74, 6) is 1.16. The van der Waals surface area contributed by atoms with Crippen molar-refractivity contribution in [2.24, 2.45) is 0 Å². The highest BCUT2D eigenvalue weighted by atomic mass is 79.9. The Morgan fingerprint density at radius 3 is 2.94 bits per heavy atom. The van der Waals surface area contributed by atoms with Crippen molar-refractivity contribution >= 4 is 21.6 Å². The molecule has 0 unspecified atom stereocenters. The van der Waals surface area contributed by atoms with Crippen molar-refractivity contribution in [3.05, 3.63) is 40.8 Å². The fourth-order valence-electron chi connectivity index (χ4n) is 1.35. The van der Waals surface area contributed by atoms with Gasteiger partial charge in [-0.1, -0.05) is 13.0 Å². The Morgan fingerprint density at radius 2 is 2.18 bits per heavy atom. The number of hydrogen-bond donors (Lipinski definition) is 1. The van der Waals surface area contributed by atoms with E-state index in [1.54, 1.807) is 6.07 Å². The third kappa shape index (κ3) is 2.74. The normalized spacial score (nSPS) is 10.2. The molecule has 0 saturated carbocycles. The lowest BCUT2D eigenvalue weighted by molar-refractivity contribution is 0.458. The molecule has 88 valence electrons. The van der Waals surface area contributed by atoms with Gasteiger partial charge in [0.05, 0.1) is 4.47 Å². The van der Waals surface area contributed by atoms with Crippen molar-refractivity contribution in [1.82, 2.24) is 9.97 Å². The largest absolute Gasteiger partial charge is 0.438 e. The molecule has 2 rings (SSSR count). The maximum absolute atomic E-state index is 5.77. The lowest BCUT2D eigenvalue weighted by atomic mass is 10.3. The minimum absolute atomic E-state index is 0.517. The van der Waals surface area contributed by atoms with E-state index in [-0.39, 0.29) is 0 Å². The number of nitrogens with two attached hydrogens (primary N) is 1. The third-order valence-electron chi connectivity index (χ3n) is 2.27. The highest BCUT2D eigenvalue weighted by Crippen LogP contribution is 2.32. The van der Waals surface area contributed by atoms with Crippen molar-refractivity contribution in [2.45, 2.75) is 13.3 Å². The summed E-state index contributed by atoms with van der Waals surface area (Å²) in [5.41, 5.74) is 7.34. The molecular weight excluding hydrogens is 282 g/mol. The third-order valence-corrected chi connectivity index (χ3v) is 3.12. The number of rotatable bonds is 3. The summed E-state index contributed by atoms with van der Waals surface area (Å²) in [6.07, 6.45) is 2.34. The quantitative estimate of drug-likeness (QED) is 0.883. The average molecular weight is 294 g/mol. The Bertz CT molecular complexity index is 531. The topological polar surface area (TPSA) is 61.0 Å². The maximum atomic E-state index is 5.77. The molecule has 1 aromatic carbocycles. The molecule has 2 N–H and O–H groups in total. The molecule has 0 amide bonds. The Morgan fingerprint density at radius 1 is 1.35 bits per heavy atom. The highest BCUT2D eigenvalue weighted by Gasteiger charge is 2.06. The Hall–Kier alpha value is -1.62. The van der Waals surface area contributed by atoms with Crippen molar-refractivity contribution in [1.29, 1.82) is 0 Å². The van der Waals surface area contributed by atoms with Gasteiger partial charge in [0.1, 0.15) is 12.1 Å². The smallest absolute Gasteiger partial charge is 0.222 e. The summed E-state index contributed by atoms with van der Waals surface area (Å²) in [5, 5.41) is 0. The number of aromatic nitrogens is 2. The van der Waals surface area contributed by atoms with E-state index in [1.807, 2.05) is 25.1 Å². The van der Waals surface area contributed by atoms with Crippen LogP contribution in [0.2, 0.25) is 0 Å². The molecule has 1 aromatic heterocycles. The number of aryl methyl sites for hydroxylation is 1. The van der Waals surface area contributed by atoms with Gasteiger partial charge in [0.2, 0.25) is 5.88 Å². The van der Waals surface area contributed by atoms with Gasteiger partial charge in [0.15, 0.2) is 0 Å². The number of halogens is 1. The van der Waals surface area contributed by atoms with E-state index in [9.17, 15) is 0 Å². The summed E-state index contributed by atoms with van der Waals surface area (Å²) in [6, 6.07) is 7.27. The van der Waals surface area contributed by atoms with Gasteiger partial charge in [-0.05, 0) is 34.5 Å². The number of benzene rings is 1. The molecule has 0 spiro atoms. The zero-order valence-corrected chi connectivity index (χ0v) is 10.9. The Labute approximate surface area is 108 Å². The van der Waals surface area contributed by atoms with Crippen LogP contribution in [0.1, 0.15) is 12.6 Å². The van der Waals surface area contributed by atoms with Crippen LogP contribution in [0.15, 0.2) is 35.1 Å². The number of nitrogen functional groups attached to an aromatic ring is 1. The fraction of sp³-hybridized carbons (Fsp3) is 0.167. The molecule has 2 aromatic rings. The van der Waals surface area contributed by atoms with E-state index >= 15 is 0 Å². The summed E-state index contributed by atoms with van der Waals surface area (Å²) in [7, 11) is 0. The van der Waals surface area contributed by atoms with E-state index in [0.29, 0.717) is 17.3 Å². The van der Waals surface area contributed by atoms with Crippen LogP contribution >= 0.6 is 15.9 Å². The molecule has 17 heavy (non-hydrogen) atoms. The second-order valence-electron chi connectivity index (χ2n) is 3.46. The van der Waals surface area contributed by atoms with Crippen LogP contribution in [-0.4, -0.2) is 9.97 Å². The van der Waals surface area contributed by atoms with Gasteiger partial charge in [-0.15, -0.1) is 0 Å². The fourth-order valence-corrected chi connectivity index (χ4v) is 1.69. The van der Waals surface area contributed by atoms with Crippen molar-refractivity contribution in [3.63, 3.8) is 0 Å². The first-order chi connectivity index (χ1) is 8.20. The van der Waals surface area contributed by atoms with Gasteiger partial charge in [0, 0.05) is 17.4 Å². The summed E-state index contributed by atoms with van der Waals surface area (Å²) >= 11 is 3.38. The monoisotopic (exact) mass is 293 g/mol. The average Bonchev–Trinajstić information content (AvgIpc) is 2.35. The molecule has 0 saturated heterocycles. The van der Waals surface area contributed by atoms with Crippen LogP contribution in [0.5, 0.6) is 11.6 Å². The van der Waals surface area contributed by atoms with E-state index in [2.05, 4.69) is 25.9 Å². The minimum atomic E-state index is 0.517. The van der Waals surface area contributed by atoms with Gasteiger partial charge in [0.25, 0.3) is 0 Å². The first-order valence-corrected chi connectivity index (χ1v) is 6.02. The predicted octanol–water partition coefficient (Wildman–Crippen LogP) is 3.18. The lowest BCUT2D eigenvalue weighted by Gasteiger charge is -2.08. The number of anilines is 1. The molecule has 0 aliphatic heterocycles. The van der Waals surface area contributed by atoms with Gasteiger partial charge in [-0.3, -0.25) is 0 Å². The van der Waals surface area contributed by atoms with Crippen LogP contribution in [0.3, 0.4) is 0 Å². The molecule has 0 aliphatic rings. The van der Waals surface area contributed by atoms with Gasteiger partial charge >= 0.3 is 0 Å². The summed E-state index contributed by atoms with van der Waals surface area (Å²) in [6.45, 7) is 2.03. The molecule has 4 nitrogen and oxygen atoms in total. The highest BCUT2D eigenvalue weighted by molar-refractivity contribution is 9.10. The van der Waals surface area contributed by atoms with Crippen LogP contribution in [-0.2, 0) is 6.42 Å². The molecule has 0 bridgehead atoms. The standard InChI is InChI=1S/C12H12BrN3O/c1-2-8-6-11(16-7-15-8)17-10-5-3-4-9(14)12(10)13/h3-7H,2,14H2,1H3. The first kappa shape index (κ1) is 11.9. The zero-order chi connectivity index (χ0) is 12.3. The zero-order valence-electron chi connectivity index (χ0n) is 9.35. The van der Waals surface area contributed by atoms with E-state index in [4.69, 9.17) is 10.5 Å². The summed E-state index contributed by atoms with van der Waals surface area (Å²) in [4.78, 5) is 8.17. The van der Waals surface area contributed by atoms with E-state index in [1.165, 1.54) is 6.33 Å².